The fourth-order valence-electron chi connectivity index (χ4n) is 1.95. The molecule has 0 unspecified atom stereocenters. The summed E-state index contributed by atoms with van der Waals surface area (Å²) in [5.74, 6) is 0. The van der Waals surface area contributed by atoms with Gasteiger partial charge in [-0.25, -0.2) is 0 Å². The van der Waals surface area contributed by atoms with Crippen molar-refractivity contribution in [3.8, 4) is 10.6 Å². The minimum atomic E-state index is 0.775. The van der Waals surface area contributed by atoms with Crippen molar-refractivity contribution in [2.45, 2.75) is 13.5 Å². The maximum absolute atomic E-state index is 4.37. The van der Waals surface area contributed by atoms with E-state index >= 15 is 0 Å². The third-order valence-electron chi connectivity index (χ3n) is 2.87. The van der Waals surface area contributed by atoms with Gasteiger partial charge < -0.3 is 5.32 Å². The Labute approximate surface area is 115 Å². The molecular weight excluding hydrogens is 256 g/mol. The first kappa shape index (κ1) is 12.2. The standard InChI is InChI=1S/C14H14N4S/c1-2-15-9-13-17-18-14(19-13)11-7-8-16-12-6-4-3-5-10(11)12/h3-8,15H,2,9H2,1H3. The van der Waals surface area contributed by atoms with Crippen molar-refractivity contribution in [2.24, 2.45) is 0 Å². The van der Waals surface area contributed by atoms with Crippen LogP contribution in [0, 0.1) is 0 Å². The van der Waals surface area contributed by atoms with Crippen molar-refractivity contribution in [1.82, 2.24) is 20.5 Å². The number of fused-ring (bicyclic) bond motifs is 1. The van der Waals surface area contributed by atoms with E-state index in [1.165, 1.54) is 0 Å². The molecule has 5 heteroatoms. The molecule has 0 amide bonds. The number of aromatic nitrogens is 3. The summed E-state index contributed by atoms with van der Waals surface area (Å²) in [7, 11) is 0. The van der Waals surface area contributed by atoms with Gasteiger partial charge in [0.25, 0.3) is 0 Å². The van der Waals surface area contributed by atoms with E-state index in [1.54, 1.807) is 11.3 Å². The molecule has 0 bridgehead atoms. The second kappa shape index (κ2) is 5.42. The summed E-state index contributed by atoms with van der Waals surface area (Å²) in [6, 6.07) is 10.1. The maximum atomic E-state index is 4.37. The molecule has 0 saturated carbocycles. The van der Waals surface area contributed by atoms with Gasteiger partial charge in [-0.2, -0.15) is 0 Å². The lowest BCUT2D eigenvalue weighted by molar-refractivity contribution is 0.715. The zero-order valence-electron chi connectivity index (χ0n) is 10.6. The minimum absolute atomic E-state index is 0.775. The second-order valence-corrected chi connectivity index (χ2v) is 5.22. The van der Waals surface area contributed by atoms with Gasteiger partial charge in [0, 0.05) is 23.7 Å². The first-order valence-electron chi connectivity index (χ1n) is 6.25. The number of nitrogens with zero attached hydrogens (tertiary/aromatic N) is 3. The quantitative estimate of drug-likeness (QED) is 0.792. The highest BCUT2D eigenvalue weighted by atomic mass is 32.1. The lowest BCUT2D eigenvalue weighted by Gasteiger charge is -2.01. The molecule has 0 spiro atoms. The molecule has 1 aromatic carbocycles. The fraction of sp³-hybridized carbons (Fsp3) is 0.214. The molecule has 4 nitrogen and oxygen atoms in total. The van der Waals surface area contributed by atoms with Crippen LogP contribution in [-0.2, 0) is 6.54 Å². The molecule has 0 fully saturated rings. The number of pyridine rings is 1. The Morgan fingerprint density at radius 3 is 2.95 bits per heavy atom. The van der Waals surface area contributed by atoms with E-state index in [0.29, 0.717) is 0 Å². The van der Waals surface area contributed by atoms with Crippen LogP contribution in [0.5, 0.6) is 0 Å². The lowest BCUT2D eigenvalue weighted by Crippen LogP contribution is -2.11. The molecule has 0 radical (unpaired) electrons. The Kier molecular flexibility index (Phi) is 3.48. The van der Waals surface area contributed by atoms with Gasteiger partial charge in [0.15, 0.2) is 0 Å². The van der Waals surface area contributed by atoms with Crippen LogP contribution in [0.15, 0.2) is 36.5 Å². The highest BCUT2D eigenvalue weighted by Gasteiger charge is 2.09. The largest absolute Gasteiger partial charge is 0.311 e. The van der Waals surface area contributed by atoms with Gasteiger partial charge in [-0.15, -0.1) is 10.2 Å². The van der Waals surface area contributed by atoms with E-state index in [4.69, 9.17) is 0 Å². The van der Waals surface area contributed by atoms with Crippen LogP contribution < -0.4 is 5.32 Å². The summed E-state index contributed by atoms with van der Waals surface area (Å²) in [6.45, 7) is 3.79. The fourth-order valence-corrected chi connectivity index (χ4v) is 2.80. The van der Waals surface area contributed by atoms with Gasteiger partial charge in [-0.05, 0) is 18.7 Å². The summed E-state index contributed by atoms with van der Waals surface area (Å²) >= 11 is 1.63. The number of hydrogen-bond acceptors (Lipinski definition) is 5. The van der Waals surface area contributed by atoms with Crippen molar-refractivity contribution in [1.29, 1.82) is 0 Å². The second-order valence-electron chi connectivity index (χ2n) is 4.16. The lowest BCUT2D eigenvalue weighted by atomic mass is 10.1. The van der Waals surface area contributed by atoms with Crippen LogP contribution in [0.3, 0.4) is 0 Å². The van der Waals surface area contributed by atoms with Crippen LogP contribution in [0.2, 0.25) is 0 Å². The molecule has 3 aromatic rings. The monoisotopic (exact) mass is 270 g/mol. The zero-order valence-corrected chi connectivity index (χ0v) is 11.4. The van der Waals surface area contributed by atoms with Gasteiger partial charge in [0.1, 0.15) is 10.0 Å². The Bertz CT molecular complexity index is 687. The van der Waals surface area contributed by atoms with Gasteiger partial charge in [-0.3, -0.25) is 4.98 Å². The third-order valence-corrected chi connectivity index (χ3v) is 3.83. The van der Waals surface area contributed by atoms with Gasteiger partial charge in [0.2, 0.25) is 0 Å². The van der Waals surface area contributed by atoms with Crippen LogP contribution >= 0.6 is 11.3 Å². The maximum Gasteiger partial charge on any atom is 0.148 e. The number of nitrogens with one attached hydrogen (secondary N) is 1. The Hall–Kier alpha value is -1.85. The Balaban J connectivity index is 2.02. The molecule has 0 atom stereocenters. The SMILES string of the molecule is CCNCc1nnc(-c2ccnc3ccccc23)s1. The molecule has 1 N–H and O–H groups in total. The molecular formula is C14H14N4S. The zero-order chi connectivity index (χ0) is 13.1. The molecule has 3 rings (SSSR count). The molecule has 0 aliphatic carbocycles. The normalized spacial score (nSPS) is 11.0. The molecule has 0 aliphatic heterocycles. The summed E-state index contributed by atoms with van der Waals surface area (Å²) in [4.78, 5) is 4.37. The number of rotatable bonds is 4. The third kappa shape index (κ3) is 2.47. The Morgan fingerprint density at radius 2 is 2.05 bits per heavy atom. The van der Waals surface area contributed by atoms with E-state index in [9.17, 15) is 0 Å². The summed E-state index contributed by atoms with van der Waals surface area (Å²) < 4.78 is 0. The van der Waals surface area contributed by atoms with E-state index in [2.05, 4.69) is 33.5 Å². The highest BCUT2D eigenvalue weighted by molar-refractivity contribution is 7.14. The molecule has 2 aromatic heterocycles. The van der Waals surface area contributed by atoms with E-state index in [0.717, 1.165) is 39.6 Å². The van der Waals surface area contributed by atoms with Crippen LogP contribution in [0.1, 0.15) is 11.9 Å². The van der Waals surface area contributed by atoms with E-state index < -0.39 is 0 Å². The van der Waals surface area contributed by atoms with Gasteiger partial charge in [-0.1, -0.05) is 36.5 Å². The topological polar surface area (TPSA) is 50.7 Å². The number of benzene rings is 1. The molecule has 19 heavy (non-hydrogen) atoms. The summed E-state index contributed by atoms with van der Waals surface area (Å²) in [5, 5.41) is 14.9. The Morgan fingerprint density at radius 1 is 1.16 bits per heavy atom. The van der Waals surface area contributed by atoms with Crippen LogP contribution in [0.25, 0.3) is 21.5 Å². The average molecular weight is 270 g/mol. The minimum Gasteiger partial charge on any atom is -0.311 e. The predicted octanol–water partition coefficient (Wildman–Crippen LogP) is 2.86. The van der Waals surface area contributed by atoms with Crippen LogP contribution in [0.4, 0.5) is 0 Å². The number of para-hydroxylation sites is 1. The van der Waals surface area contributed by atoms with Gasteiger partial charge in [0.05, 0.1) is 5.52 Å². The first-order valence-corrected chi connectivity index (χ1v) is 7.07. The smallest absolute Gasteiger partial charge is 0.148 e. The average Bonchev–Trinajstić information content (AvgIpc) is 2.93. The van der Waals surface area contributed by atoms with E-state index in [-0.39, 0.29) is 0 Å². The molecule has 96 valence electrons. The molecule has 0 saturated heterocycles. The first-order chi connectivity index (χ1) is 9.38. The summed E-state index contributed by atoms with van der Waals surface area (Å²) in [5.41, 5.74) is 2.09. The van der Waals surface area contributed by atoms with Gasteiger partial charge >= 0.3 is 0 Å². The highest BCUT2D eigenvalue weighted by Crippen LogP contribution is 2.29. The van der Waals surface area contributed by atoms with Crippen molar-refractivity contribution < 1.29 is 0 Å². The van der Waals surface area contributed by atoms with E-state index in [1.807, 2.05) is 30.5 Å². The van der Waals surface area contributed by atoms with Crippen molar-refractivity contribution in [2.75, 3.05) is 6.54 Å². The van der Waals surface area contributed by atoms with Crippen LogP contribution in [-0.4, -0.2) is 21.7 Å². The van der Waals surface area contributed by atoms with Crippen molar-refractivity contribution in [3.05, 3.63) is 41.5 Å². The molecule has 2 heterocycles. The number of hydrogen-bond donors (Lipinski definition) is 1. The molecule has 0 aliphatic rings. The van der Waals surface area contributed by atoms with Crippen molar-refractivity contribution >= 4 is 22.2 Å². The summed E-state index contributed by atoms with van der Waals surface area (Å²) in [6.07, 6.45) is 1.82. The van der Waals surface area contributed by atoms with Crippen molar-refractivity contribution in [3.63, 3.8) is 0 Å². The predicted molar refractivity (Wildman–Crippen MR) is 78.0 cm³/mol.